The van der Waals surface area contributed by atoms with Crippen molar-refractivity contribution in [1.29, 1.82) is 0 Å². The van der Waals surface area contributed by atoms with Gasteiger partial charge in [0.15, 0.2) is 0 Å². The first-order valence-electron chi connectivity index (χ1n) is 7.36. The van der Waals surface area contributed by atoms with Gasteiger partial charge in [0.05, 0.1) is 6.54 Å². The van der Waals surface area contributed by atoms with Gasteiger partial charge in [-0.1, -0.05) is 31.5 Å². The highest BCUT2D eigenvalue weighted by Gasteiger charge is 2.20. The zero-order valence-electron chi connectivity index (χ0n) is 11.7. The van der Waals surface area contributed by atoms with Gasteiger partial charge in [-0.25, -0.2) is 0 Å². The summed E-state index contributed by atoms with van der Waals surface area (Å²) in [6.45, 7) is 2.62. The van der Waals surface area contributed by atoms with Crippen LogP contribution in [0.25, 0.3) is 0 Å². The number of nitrogens with one attached hydrogen (secondary N) is 2. The minimum absolute atomic E-state index is 0.101. The van der Waals surface area contributed by atoms with Gasteiger partial charge in [0.2, 0.25) is 5.91 Å². The largest absolute Gasteiger partial charge is 0.376 e. The Hall–Kier alpha value is -1.51. The van der Waals surface area contributed by atoms with Crippen LogP contribution in [0, 0.1) is 5.92 Å². The molecule has 0 aromatic heterocycles. The number of hydrogen-bond acceptors (Lipinski definition) is 2. The number of anilines is 1. The lowest BCUT2D eigenvalue weighted by Crippen LogP contribution is -2.40. The van der Waals surface area contributed by atoms with Crippen molar-refractivity contribution < 1.29 is 4.79 Å². The minimum atomic E-state index is 0.101. The fourth-order valence-electron chi connectivity index (χ4n) is 2.73. The van der Waals surface area contributed by atoms with E-state index >= 15 is 0 Å². The standard InChI is InChI=1S/C16H24N2O/c1-2-13-8-10-15(11-9-13)18-16(19)12-17-14-6-4-3-5-7-14/h3-7,13,15,17H,2,8-12H2,1H3,(H,18,19). The van der Waals surface area contributed by atoms with E-state index in [2.05, 4.69) is 17.6 Å². The lowest BCUT2D eigenvalue weighted by Gasteiger charge is -2.28. The molecular formula is C16H24N2O. The van der Waals surface area contributed by atoms with Crippen LogP contribution in [0.4, 0.5) is 5.69 Å². The first kappa shape index (κ1) is 13.9. The molecule has 3 nitrogen and oxygen atoms in total. The predicted octanol–water partition coefficient (Wildman–Crippen LogP) is 3.18. The lowest BCUT2D eigenvalue weighted by atomic mass is 9.84. The van der Waals surface area contributed by atoms with E-state index in [1.807, 2.05) is 30.3 Å². The van der Waals surface area contributed by atoms with Gasteiger partial charge in [-0.05, 0) is 43.7 Å². The third kappa shape index (κ3) is 4.58. The van der Waals surface area contributed by atoms with E-state index in [4.69, 9.17) is 0 Å². The molecule has 104 valence electrons. The van der Waals surface area contributed by atoms with Gasteiger partial charge in [-0.3, -0.25) is 4.79 Å². The van der Waals surface area contributed by atoms with Crippen LogP contribution in [-0.4, -0.2) is 18.5 Å². The number of amides is 1. The maximum atomic E-state index is 11.9. The molecule has 2 rings (SSSR count). The molecule has 1 fully saturated rings. The second-order valence-electron chi connectivity index (χ2n) is 5.41. The van der Waals surface area contributed by atoms with Crippen molar-refractivity contribution in [2.24, 2.45) is 5.92 Å². The molecule has 19 heavy (non-hydrogen) atoms. The summed E-state index contributed by atoms with van der Waals surface area (Å²) in [5.74, 6) is 0.972. The van der Waals surface area contributed by atoms with Gasteiger partial charge in [0.1, 0.15) is 0 Å². The Morgan fingerprint density at radius 1 is 1.16 bits per heavy atom. The summed E-state index contributed by atoms with van der Waals surface area (Å²) in [6.07, 6.45) is 6.06. The number of hydrogen-bond donors (Lipinski definition) is 2. The van der Waals surface area contributed by atoms with E-state index in [1.165, 1.54) is 19.3 Å². The van der Waals surface area contributed by atoms with Crippen LogP contribution in [0.3, 0.4) is 0 Å². The van der Waals surface area contributed by atoms with Crippen LogP contribution in [0.5, 0.6) is 0 Å². The van der Waals surface area contributed by atoms with Crippen LogP contribution < -0.4 is 10.6 Å². The summed E-state index contributed by atoms with van der Waals surface area (Å²) >= 11 is 0. The normalized spacial score (nSPS) is 22.8. The van der Waals surface area contributed by atoms with Crippen LogP contribution in [0.1, 0.15) is 39.0 Å². The van der Waals surface area contributed by atoms with Crippen LogP contribution in [-0.2, 0) is 4.79 Å². The summed E-state index contributed by atoms with van der Waals surface area (Å²) in [7, 11) is 0. The van der Waals surface area contributed by atoms with E-state index in [0.717, 1.165) is 24.4 Å². The molecule has 3 heteroatoms. The minimum Gasteiger partial charge on any atom is -0.376 e. The zero-order valence-corrected chi connectivity index (χ0v) is 11.7. The number of para-hydroxylation sites is 1. The molecule has 0 saturated heterocycles. The van der Waals surface area contributed by atoms with Gasteiger partial charge in [0, 0.05) is 11.7 Å². The fraction of sp³-hybridized carbons (Fsp3) is 0.562. The van der Waals surface area contributed by atoms with Gasteiger partial charge in [-0.15, -0.1) is 0 Å². The molecule has 0 atom stereocenters. The highest BCUT2D eigenvalue weighted by atomic mass is 16.1. The van der Waals surface area contributed by atoms with Crippen LogP contribution in [0.2, 0.25) is 0 Å². The summed E-state index contributed by atoms with van der Waals surface area (Å²) in [5, 5.41) is 6.27. The van der Waals surface area contributed by atoms with Crippen LogP contribution >= 0.6 is 0 Å². The quantitative estimate of drug-likeness (QED) is 0.853. The molecule has 1 aliphatic rings. The number of rotatable bonds is 5. The molecule has 0 bridgehead atoms. The smallest absolute Gasteiger partial charge is 0.239 e. The van der Waals surface area contributed by atoms with Gasteiger partial charge in [0.25, 0.3) is 0 Å². The van der Waals surface area contributed by atoms with E-state index in [1.54, 1.807) is 0 Å². The zero-order chi connectivity index (χ0) is 13.5. The summed E-state index contributed by atoms with van der Waals surface area (Å²) in [4.78, 5) is 11.9. The SMILES string of the molecule is CCC1CCC(NC(=O)CNc2ccccc2)CC1. The van der Waals surface area contributed by atoms with Crippen molar-refractivity contribution in [3.8, 4) is 0 Å². The Kier molecular flexibility index (Phi) is 5.25. The van der Waals surface area contributed by atoms with Crippen molar-refractivity contribution in [2.45, 2.75) is 45.1 Å². The highest BCUT2D eigenvalue weighted by molar-refractivity contribution is 5.80. The average molecular weight is 260 g/mol. The summed E-state index contributed by atoms with van der Waals surface area (Å²) < 4.78 is 0. The summed E-state index contributed by atoms with van der Waals surface area (Å²) in [5.41, 5.74) is 0.993. The number of benzene rings is 1. The number of carbonyl (C=O) groups is 1. The van der Waals surface area contributed by atoms with Crippen molar-refractivity contribution in [1.82, 2.24) is 5.32 Å². The molecule has 0 radical (unpaired) electrons. The summed E-state index contributed by atoms with van der Waals surface area (Å²) in [6, 6.07) is 10.2. The first-order chi connectivity index (χ1) is 9.28. The molecule has 1 aromatic rings. The average Bonchev–Trinajstić information content (AvgIpc) is 2.47. The van der Waals surface area contributed by atoms with Crippen molar-refractivity contribution in [3.05, 3.63) is 30.3 Å². The molecule has 1 amide bonds. The molecule has 0 spiro atoms. The van der Waals surface area contributed by atoms with Crippen molar-refractivity contribution >= 4 is 11.6 Å². The topological polar surface area (TPSA) is 41.1 Å². The maximum absolute atomic E-state index is 11.9. The maximum Gasteiger partial charge on any atom is 0.239 e. The molecule has 1 aliphatic carbocycles. The molecule has 1 aromatic carbocycles. The van der Waals surface area contributed by atoms with E-state index in [0.29, 0.717) is 12.6 Å². The first-order valence-corrected chi connectivity index (χ1v) is 7.36. The predicted molar refractivity (Wildman–Crippen MR) is 79.1 cm³/mol. The second-order valence-corrected chi connectivity index (χ2v) is 5.41. The Bertz CT molecular complexity index is 383. The molecular weight excluding hydrogens is 236 g/mol. The third-order valence-corrected chi connectivity index (χ3v) is 4.02. The highest BCUT2D eigenvalue weighted by Crippen LogP contribution is 2.26. The van der Waals surface area contributed by atoms with Crippen LogP contribution in [0.15, 0.2) is 30.3 Å². The van der Waals surface area contributed by atoms with Gasteiger partial charge < -0.3 is 10.6 Å². The van der Waals surface area contributed by atoms with Crippen molar-refractivity contribution in [2.75, 3.05) is 11.9 Å². The van der Waals surface area contributed by atoms with E-state index < -0.39 is 0 Å². The lowest BCUT2D eigenvalue weighted by molar-refractivity contribution is -0.120. The monoisotopic (exact) mass is 260 g/mol. The Balaban J connectivity index is 1.67. The van der Waals surface area contributed by atoms with Gasteiger partial charge >= 0.3 is 0 Å². The Morgan fingerprint density at radius 3 is 2.47 bits per heavy atom. The fourth-order valence-corrected chi connectivity index (χ4v) is 2.73. The Morgan fingerprint density at radius 2 is 1.84 bits per heavy atom. The second kappa shape index (κ2) is 7.17. The van der Waals surface area contributed by atoms with E-state index in [-0.39, 0.29) is 5.91 Å². The Labute approximate surface area is 115 Å². The molecule has 1 saturated carbocycles. The van der Waals surface area contributed by atoms with Crippen molar-refractivity contribution in [3.63, 3.8) is 0 Å². The number of carbonyl (C=O) groups excluding carboxylic acids is 1. The molecule has 2 N–H and O–H groups in total. The van der Waals surface area contributed by atoms with Gasteiger partial charge in [-0.2, -0.15) is 0 Å². The van der Waals surface area contributed by atoms with E-state index in [9.17, 15) is 4.79 Å². The molecule has 0 aliphatic heterocycles. The molecule has 0 unspecified atom stereocenters. The third-order valence-electron chi connectivity index (χ3n) is 4.02. The molecule has 0 heterocycles.